The summed E-state index contributed by atoms with van der Waals surface area (Å²) < 4.78 is 10.8. The number of amides is 1. The fourth-order valence-electron chi connectivity index (χ4n) is 1.91. The second-order valence-electron chi connectivity index (χ2n) is 4.46. The summed E-state index contributed by atoms with van der Waals surface area (Å²) in [6.07, 6.45) is 0. The maximum absolute atomic E-state index is 11.3. The van der Waals surface area contributed by atoms with E-state index in [0.717, 1.165) is 17.1 Å². The van der Waals surface area contributed by atoms with Crippen LogP contribution in [-0.2, 0) is 11.4 Å². The molecular formula is C17H17NO3. The molecule has 108 valence electrons. The Hall–Kier alpha value is -2.75. The van der Waals surface area contributed by atoms with Crippen molar-refractivity contribution in [2.45, 2.75) is 6.61 Å². The molecule has 0 saturated carbocycles. The molecule has 0 radical (unpaired) electrons. The first-order valence-corrected chi connectivity index (χ1v) is 6.45. The number of primary amides is 1. The van der Waals surface area contributed by atoms with Crippen molar-refractivity contribution in [2.24, 2.45) is 5.73 Å². The van der Waals surface area contributed by atoms with E-state index >= 15 is 0 Å². The minimum atomic E-state index is -0.535. The summed E-state index contributed by atoms with van der Waals surface area (Å²) in [6, 6.07) is 14.7. The van der Waals surface area contributed by atoms with Gasteiger partial charge in [-0.3, -0.25) is 4.79 Å². The summed E-state index contributed by atoms with van der Waals surface area (Å²) >= 11 is 0. The average molecular weight is 283 g/mol. The van der Waals surface area contributed by atoms with E-state index in [2.05, 4.69) is 6.58 Å². The van der Waals surface area contributed by atoms with Gasteiger partial charge in [0, 0.05) is 5.57 Å². The van der Waals surface area contributed by atoms with E-state index in [4.69, 9.17) is 15.2 Å². The molecule has 0 fully saturated rings. The van der Waals surface area contributed by atoms with Crippen LogP contribution in [0.15, 0.2) is 55.1 Å². The van der Waals surface area contributed by atoms with Crippen LogP contribution in [0.1, 0.15) is 11.1 Å². The molecule has 1 amide bonds. The van der Waals surface area contributed by atoms with Gasteiger partial charge in [-0.25, -0.2) is 0 Å². The maximum Gasteiger partial charge on any atom is 0.248 e. The van der Waals surface area contributed by atoms with Crippen LogP contribution in [0.5, 0.6) is 11.5 Å². The van der Waals surface area contributed by atoms with Crippen LogP contribution in [0.2, 0.25) is 0 Å². The highest BCUT2D eigenvalue weighted by molar-refractivity contribution is 6.18. The second kappa shape index (κ2) is 6.61. The fraction of sp³-hybridized carbons (Fsp3) is 0.118. The van der Waals surface area contributed by atoms with E-state index < -0.39 is 5.91 Å². The standard InChI is InChI=1S/C17H17NO3/c1-12(17(18)19)16-6-4-3-5-13(16)11-21-15-9-7-14(20-2)8-10-15/h3-10H,1,11H2,2H3,(H2,18,19). The molecule has 0 aliphatic rings. The summed E-state index contributed by atoms with van der Waals surface area (Å²) in [5, 5.41) is 0. The summed E-state index contributed by atoms with van der Waals surface area (Å²) in [7, 11) is 1.61. The molecule has 0 spiro atoms. The Bertz CT molecular complexity index is 647. The molecule has 2 aromatic rings. The number of benzene rings is 2. The van der Waals surface area contributed by atoms with Crippen LogP contribution in [-0.4, -0.2) is 13.0 Å². The molecule has 0 saturated heterocycles. The second-order valence-corrected chi connectivity index (χ2v) is 4.46. The normalized spacial score (nSPS) is 9.95. The van der Waals surface area contributed by atoms with Crippen molar-refractivity contribution in [1.29, 1.82) is 0 Å². The third-order valence-electron chi connectivity index (χ3n) is 3.09. The topological polar surface area (TPSA) is 61.6 Å². The van der Waals surface area contributed by atoms with Crippen LogP contribution in [0.25, 0.3) is 5.57 Å². The van der Waals surface area contributed by atoms with Gasteiger partial charge in [0.15, 0.2) is 0 Å². The zero-order valence-corrected chi connectivity index (χ0v) is 11.8. The van der Waals surface area contributed by atoms with Crippen LogP contribution >= 0.6 is 0 Å². The summed E-state index contributed by atoms with van der Waals surface area (Å²) in [5.74, 6) is 0.951. The third kappa shape index (κ3) is 3.63. The number of nitrogens with two attached hydrogens (primary N) is 1. The summed E-state index contributed by atoms with van der Waals surface area (Å²) in [4.78, 5) is 11.3. The van der Waals surface area contributed by atoms with Crippen LogP contribution in [0, 0.1) is 0 Å². The molecule has 4 heteroatoms. The molecule has 0 atom stereocenters. The highest BCUT2D eigenvalue weighted by Crippen LogP contribution is 2.21. The molecule has 21 heavy (non-hydrogen) atoms. The molecule has 0 aliphatic heterocycles. The Kier molecular flexibility index (Phi) is 4.61. The lowest BCUT2D eigenvalue weighted by molar-refractivity contribution is -0.112. The molecule has 0 heterocycles. The Morgan fingerprint density at radius 2 is 1.71 bits per heavy atom. The minimum absolute atomic E-state index is 0.281. The van der Waals surface area contributed by atoms with Gasteiger partial charge in [-0.05, 0) is 35.4 Å². The highest BCUT2D eigenvalue weighted by Gasteiger charge is 2.10. The highest BCUT2D eigenvalue weighted by atomic mass is 16.5. The van der Waals surface area contributed by atoms with E-state index in [9.17, 15) is 4.79 Å². The Labute approximate surface area is 123 Å². The summed E-state index contributed by atoms with van der Waals surface area (Å²) in [5.41, 5.74) is 7.13. The molecular weight excluding hydrogens is 266 g/mol. The Morgan fingerprint density at radius 3 is 2.33 bits per heavy atom. The smallest absolute Gasteiger partial charge is 0.248 e. The van der Waals surface area contributed by atoms with Crippen LogP contribution < -0.4 is 15.2 Å². The quantitative estimate of drug-likeness (QED) is 0.829. The minimum Gasteiger partial charge on any atom is -0.497 e. The van der Waals surface area contributed by atoms with Crippen molar-refractivity contribution < 1.29 is 14.3 Å². The molecule has 0 aromatic heterocycles. The van der Waals surface area contributed by atoms with Gasteiger partial charge in [-0.2, -0.15) is 0 Å². The number of rotatable bonds is 6. The SMILES string of the molecule is C=C(C(N)=O)c1ccccc1COc1ccc(OC)cc1. The first-order valence-electron chi connectivity index (χ1n) is 6.45. The van der Waals surface area contributed by atoms with E-state index in [1.807, 2.05) is 42.5 Å². The van der Waals surface area contributed by atoms with Crippen LogP contribution in [0.4, 0.5) is 0 Å². The monoisotopic (exact) mass is 283 g/mol. The van der Waals surface area contributed by atoms with Crippen molar-refractivity contribution in [2.75, 3.05) is 7.11 Å². The molecule has 0 aliphatic carbocycles. The van der Waals surface area contributed by atoms with Gasteiger partial charge < -0.3 is 15.2 Å². The lowest BCUT2D eigenvalue weighted by Gasteiger charge is -2.11. The van der Waals surface area contributed by atoms with E-state index in [1.165, 1.54) is 0 Å². The van der Waals surface area contributed by atoms with Gasteiger partial charge >= 0.3 is 0 Å². The van der Waals surface area contributed by atoms with Crippen molar-refractivity contribution in [3.63, 3.8) is 0 Å². The number of hydrogen-bond acceptors (Lipinski definition) is 3. The molecule has 0 unspecified atom stereocenters. The lowest BCUT2D eigenvalue weighted by Crippen LogP contribution is -2.13. The van der Waals surface area contributed by atoms with E-state index in [1.54, 1.807) is 13.2 Å². The van der Waals surface area contributed by atoms with Crippen molar-refractivity contribution in [3.05, 3.63) is 66.2 Å². The van der Waals surface area contributed by atoms with E-state index in [-0.39, 0.29) is 5.57 Å². The molecule has 2 rings (SSSR count). The molecule has 2 N–H and O–H groups in total. The van der Waals surface area contributed by atoms with Gasteiger partial charge in [0.05, 0.1) is 7.11 Å². The Balaban J connectivity index is 2.12. The van der Waals surface area contributed by atoms with Crippen molar-refractivity contribution in [3.8, 4) is 11.5 Å². The first kappa shape index (κ1) is 14.7. The maximum atomic E-state index is 11.3. The number of ether oxygens (including phenoxy) is 2. The summed E-state index contributed by atoms with van der Waals surface area (Å²) in [6.45, 7) is 4.04. The molecule has 0 bridgehead atoms. The van der Waals surface area contributed by atoms with Gasteiger partial charge in [0.1, 0.15) is 18.1 Å². The molecule has 4 nitrogen and oxygen atoms in total. The van der Waals surface area contributed by atoms with Gasteiger partial charge in [0.25, 0.3) is 0 Å². The van der Waals surface area contributed by atoms with Gasteiger partial charge in [0.2, 0.25) is 5.91 Å². The predicted molar refractivity (Wildman–Crippen MR) is 82.0 cm³/mol. The largest absolute Gasteiger partial charge is 0.497 e. The zero-order valence-electron chi connectivity index (χ0n) is 11.8. The predicted octanol–water partition coefficient (Wildman–Crippen LogP) is 2.77. The van der Waals surface area contributed by atoms with E-state index in [0.29, 0.717) is 12.2 Å². The number of carbonyl (C=O) groups excluding carboxylic acids is 1. The van der Waals surface area contributed by atoms with Crippen LogP contribution in [0.3, 0.4) is 0 Å². The van der Waals surface area contributed by atoms with Gasteiger partial charge in [-0.15, -0.1) is 0 Å². The first-order chi connectivity index (χ1) is 10.1. The lowest BCUT2D eigenvalue weighted by atomic mass is 10.0. The number of hydrogen-bond donors (Lipinski definition) is 1. The molecule has 2 aromatic carbocycles. The average Bonchev–Trinajstić information content (AvgIpc) is 2.53. The van der Waals surface area contributed by atoms with Crippen molar-refractivity contribution in [1.82, 2.24) is 0 Å². The Morgan fingerprint density at radius 1 is 1.10 bits per heavy atom. The van der Waals surface area contributed by atoms with Gasteiger partial charge in [-0.1, -0.05) is 30.8 Å². The number of carbonyl (C=O) groups is 1. The number of methoxy groups -OCH3 is 1. The third-order valence-corrected chi connectivity index (χ3v) is 3.09. The zero-order chi connectivity index (χ0) is 15.2. The van der Waals surface area contributed by atoms with Crippen molar-refractivity contribution >= 4 is 11.5 Å². The fourth-order valence-corrected chi connectivity index (χ4v) is 1.91.